The fraction of sp³-hybridized carbons (Fsp3) is 0.250. The van der Waals surface area contributed by atoms with E-state index in [1.807, 2.05) is 12.1 Å². The first-order valence-electron chi connectivity index (χ1n) is 6.93. The Morgan fingerprint density at radius 2 is 2.00 bits per heavy atom. The molecular formula is C16H14ClF3N2O. The number of amides is 1. The standard InChI is InChI=1S/C16H14ClF3N2O/c17-14-8-7-12(10-13(14)16(18,19)20)22-15(23)6-3-5-11-4-1-2-9-21-11/h1-2,4,7-10H,3,5-6H2,(H,22,23). The number of aryl methyl sites for hydroxylation is 1. The monoisotopic (exact) mass is 342 g/mol. The number of aromatic nitrogens is 1. The summed E-state index contributed by atoms with van der Waals surface area (Å²) in [7, 11) is 0. The van der Waals surface area contributed by atoms with E-state index in [1.54, 1.807) is 12.3 Å². The molecule has 0 bridgehead atoms. The first-order valence-corrected chi connectivity index (χ1v) is 7.30. The molecule has 0 aliphatic rings. The molecule has 1 aromatic heterocycles. The van der Waals surface area contributed by atoms with Crippen LogP contribution in [0.3, 0.4) is 0 Å². The van der Waals surface area contributed by atoms with E-state index in [-0.39, 0.29) is 18.0 Å². The van der Waals surface area contributed by atoms with Gasteiger partial charge < -0.3 is 5.32 Å². The van der Waals surface area contributed by atoms with Gasteiger partial charge in [0.15, 0.2) is 0 Å². The fourth-order valence-corrected chi connectivity index (χ4v) is 2.24. The van der Waals surface area contributed by atoms with Crippen LogP contribution in [0.5, 0.6) is 0 Å². The zero-order valence-corrected chi connectivity index (χ0v) is 12.8. The molecule has 0 fully saturated rings. The van der Waals surface area contributed by atoms with Crippen LogP contribution >= 0.6 is 11.6 Å². The van der Waals surface area contributed by atoms with Crippen LogP contribution < -0.4 is 5.32 Å². The summed E-state index contributed by atoms with van der Waals surface area (Å²) in [5, 5.41) is 2.05. The van der Waals surface area contributed by atoms with Gasteiger partial charge in [0, 0.05) is 24.0 Å². The average Bonchev–Trinajstić information content (AvgIpc) is 2.49. The number of hydrogen-bond acceptors (Lipinski definition) is 2. The van der Waals surface area contributed by atoms with Crippen LogP contribution in [0.2, 0.25) is 5.02 Å². The first-order chi connectivity index (χ1) is 10.9. The Bertz CT molecular complexity index is 675. The molecule has 7 heteroatoms. The number of carbonyl (C=O) groups excluding carboxylic acids is 1. The summed E-state index contributed by atoms with van der Waals surface area (Å²) in [6.07, 6.45) is -1.51. The largest absolute Gasteiger partial charge is 0.417 e. The van der Waals surface area contributed by atoms with Crippen molar-refractivity contribution in [1.82, 2.24) is 4.98 Å². The highest BCUT2D eigenvalue weighted by Gasteiger charge is 2.33. The summed E-state index contributed by atoms with van der Waals surface area (Å²) in [6.45, 7) is 0. The van der Waals surface area contributed by atoms with E-state index < -0.39 is 16.8 Å². The van der Waals surface area contributed by atoms with Crippen molar-refractivity contribution >= 4 is 23.2 Å². The highest BCUT2D eigenvalue weighted by Crippen LogP contribution is 2.36. The van der Waals surface area contributed by atoms with Crippen molar-refractivity contribution in [3.8, 4) is 0 Å². The Balaban J connectivity index is 1.90. The minimum absolute atomic E-state index is 0.0737. The summed E-state index contributed by atoms with van der Waals surface area (Å²) >= 11 is 5.53. The van der Waals surface area contributed by atoms with E-state index in [9.17, 15) is 18.0 Å². The SMILES string of the molecule is O=C(CCCc1ccccn1)Nc1ccc(Cl)c(C(F)(F)F)c1. The maximum atomic E-state index is 12.8. The molecule has 0 saturated carbocycles. The molecule has 2 rings (SSSR count). The van der Waals surface area contributed by atoms with Crippen LogP contribution in [0.1, 0.15) is 24.1 Å². The molecule has 1 aromatic carbocycles. The van der Waals surface area contributed by atoms with Gasteiger partial charge in [0.05, 0.1) is 10.6 Å². The molecule has 0 radical (unpaired) electrons. The van der Waals surface area contributed by atoms with Crippen LogP contribution in [0, 0.1) is 0 Å². The molecule has 2 aromatic rings. The van der Waals surface area contributed by atoms with E-state index >= 15 is 0 Å². The average molecular weight is 343 g/mol. The predicted molar refractivity (Wildman–Crippen MR) is 82.3 cm³/mol. The molecule has 1 heterocycles. The molecule has 1 N–H and O–H groups in total. The number of hydrogen-bond donors (Lipinski definition) is 1. The lowest BCUT2D eigenvalue weighted by Gasteiger charge is -2.11. The molecule has 0 saturated heterocycles. The van der Waals surface area contributed by atoms with Crippen LogP contribution in [-0.4, -0.2) is 10.9 Å². The minimum Gasteiger partial charge on any atom is -0.326 e. The summed E-state index contributed by atoms with van der Waals surface area (Å²) < 4.78 is 38.3. The molecule has 122 valence electrons. The lowest BCUT2D eigenvalue weighted by molar-refractivity contribution is -0.137. The van der Waals surface area contributed by atoms with E-state index in [0.29, 0.717) is 12.8 Å². The van der Waals surface area contributed by atoms with E-state index in [0.717, 1.165) is 17.8 Å². The second-order valence-electron chi connectivity index (χ2n) is 4.92. The van der Waals surface area contributed by atoms with Gasteiger partial charge in [-0.2, -0.15) is 13.2 Å². The number of carbonyl (C=O) groups is 1. The Kier molecular flexibility index (Phi) is 5.60. The highest BCUT2D eigenvalue weighted by molar-refractivity contribution is 6.31. The smallest absolute Gasteiger partial charge is 0.326 e. The summed E-state index contributed by atoms with van der Waals surface area (Å²) in [5.41, 5.74) is -0.0267. The van der Waals surface area contributed by atoms with Crippen molar-refractivity contribution < 1.29 is 18.0 Å². The molecule has 0 spiro atoms. The maximum absolute atomic E-state index is 12.8. The van der Waals surface area contributed by atoms with Gasteiger partial charge in [-0.3, -0.25) is 9.78 Å². The summed E-state index contributed by atoms with van der Waals surface area (Å²) in [6, 6.07) is 8.80. The van der Waals surface area contributed by atoms with Gasteiger partial charge in [0.1, 0.15) is 0 Å². The van der Waals surface area contributed by atoms with Gasteiger partial charge in [-0.05, 0) is 43.2 Å². The second-order valence-corrected chi connectivity index (χ2v) is 5.32. The highest BCUT2D eigenvalue weighted by atomic mass is 35.5. The molecule has 1 amide bonds. The molecule has 0 atom stereocenters. The summed E-state index contributed by atoms with van der Waals surface area (Å²) in [4.78, 5) is 15.9. The Hall–Kier alpha value is -2.08. The number of pyridine rings is 1. The van der Waals surface area contributed by atoms with Crippen molar-refractivity contribution in [2.24, 2.45) is 0 Å². The fourth-order valence-electron chi connectivity index (χ4n) is 2.02. The second kappa shape index (κ2) is 7.46. The Morgan fingerprint density at radius 3 is 2.65 bits per heavy atom. The van der Waals surface area contributed by atoms with Gasteiger partial charge in [0.25, 0.3) is 0 Å². The molecule has 0 unspecified atom stereocenters. The van der Waals surface area contributed by atoms with Gasteiger partial charge >= 0.3 is 6.18 Å². The molecular weight excluding hydrogens is 329 g/mol. The third kappa shape index (κ3) is 5.25. The minimum atomic E-state index is -4.56. The zero-order chi connectivity index (χ0) is 16.9. The normalized spacial score (nSPS) is 11.3. The predicted octanol–water partition coefficient (Wildman–Crippen LogP) is 4.72. The van der Waals surface area contributed by atoms with E-state index in [4.69, 9.17) is 11.6 Å². The molecule has 3 nitrogen and oxygen atoms in total. The third-order valence-electron chi connectivity index (χ3n) is 3.12. The summed E-state index contributed by atoms with van der Waals surface area (Å²) in [5.74, 6) is -0.351. The van der Waals surface area contributed by atoms with Gasteiger partial charge in [-0.25, -0.2) is 0 Å². The van der Waals surface area contributed by atoms with Crippen LogP contribution in [0.15, 0.2) is 42.6 Å². The third-order valence-corrected chi connectivity index (χ3v) is 3.45. The van der Waals surface area contributed by atoms with Crippen LogP contribution in [-0.2, 0) is 17.4 Å². The maximum Gasteiger partial charge on any atom is 0.417 e. The first kappa shape index (κ1) is 17.3. The number of benzene rings is 1. The van der Waals surface area contributed by atoms with Gasteiger partial charge in [-0.15, -0.1) is 0 Å². The zero-order valence-electron chi connectivity index (χ0n) is 12.0. The van der Waals surface area contributed by atoms with Crippen molar-refractivity contribution in [3.63, 3.8) is 0 Å². The number of anilines is 1. The van der Waals surface area contributed by atoms with Gasteiger partial charge in [0.2, 0.25) is 5.91 Å². The molecule has 0 aliphatic heterocycles. The number of alkyl halides is 3. The lowest BCUT2D eigenvalue weighted by Crippen LogP contribution is -2.13. The number of nitrogens with one attached hydrogen (secondary N) is 1. The number of halogens is 4. The Morgan fingerprint density at radius 1 is 1.22 bits per heavy atom. The molecule has 23 heavy (non-hydrogen) atoms. The van der Waals surface area contributed by atoms with Crippen LogP contribution in [0.4, 0.5) is 18.9 Å². The topological polar surface area (TPSA) is 42.0 Å². The number of rotatable bonds is 5. The van der Waals surface area contributed by atoms with E-state index in [2.05, 4.69) is 10.3 Å². The van der Waals surface area contributed by atoms with Crippen molar-refractivity contribution in [2.45, 2.75) is 25.4 Å². The van der Waals surface area contributed by atoms with Gasteiger partial charge in [-0.1, -0.05) is 17.7 Å². The lowest BCUT2D eigenvalue weighted by atomic mass is 10.1. The Labute approximate surface area is 136 Å². The molecule has 0 aliphatic carbocycles. The van der Waals surface area contributed by atoms with Crippen LogP contribution in [0.25, 0.3) is 0 Å². The van der Waals surface area contributed by atoms with Crippen molar-refractivity contribution in [3.05, 3.63) is 58.9 Å². The van der Waals surface area contributed by atoms with E-state index in [1.165, 1.54) is 6.07 Å². The van der Waals surface area contributed by atoms with Crippen molar-refractivity contribution in [1.29, 1.82) is 0 Å². The number of nitrogens with zero attached hydrogens (tertiary/aromatic N) is 1. The van der Waals surface area contributed by atoms with Crippen molar-refractivity contribution in [2.75, 3.05) is 5.32 Å². The quantitative estimate of drug-likeness (QED) is 0.854.